The van der Waals surface area contributed by atoms with Gasteiger partial charge in [-0.05, 0) is 36.5 Å². The monoisotopic (exact) mass is 354 g/mol. The van der Waals surface area contributed by atoms with Crippen LogP contribution in [0.3, 0.4) is 0 Å². The predicted octanol–water partition coefficient (Wildman–Crippen LogP) is 1.23. The Kier molecular flexibility index (Phi) is 7.65. The van der Waals surface area contributed by atoms with Crippen molar-refractivity contribution in [3.8, 4) is 5.75 Å². The molecule has 6 heteroatoms. The van der Waals surface area contributed by atoms with Gasteiger partial charge in [0.05, 0.1) is 6.61 Å². The summed E-state index contributed by atoms with van der Waals surface area (Å²) in [6.07, 6.45) is -1.73. The molecule has 0 saturated carbocycles. The van der Waals surface area contributed by atoms with E-state index >= 15 is 0 Å². The maximum Gasteiger partial charge on any atom is 0.229 e. The first-order valence-corrected chi connectivity index (χ1v) is 8.98. The topological polar surface area (TPSA) is 99.4 Å². The van der Waals surface area contributed by atoms with Crippen LogP contribution in [0.15, 0.2) is 24.3 Å². The number of benzene rings is 1. The molecule has 5 atom stereocenters. The molecule has 0 aliphatic carbocycles. The smallest absolute Gasteiger partial charge is 0.229 e. The third-order valence-electron chi connectivity index (χ3n) is 4.52. The molecule has 2 rings (SSSR count). The number of rotatable bonds is 8. The van der Waals surface area contributed by atoms with Crippen molar-refractivity contribution in [1.82, 2.24) is 0 Å². The molecule has 0 aromatic heterocycles. The molecule has 0 bridgehead atoms. The van der Waals surface area contributed by atoms with Crippen molar-refractivity contribution < 1.29 is 29.9 Å². The summed E-state index contributed by atoms with van der Waals surface area (Å²) < 4.78 is 10.9. The van der Waals surface area contributed by atoms with E-state index in [4.69, 9.17) is 9.47 Å². The molecule has 142 valence electrons. The first-order valence-electron chi connectivity index (χ1n) is 8.98. The van der Waals surface area contributed by atoms with E-state index in [-0.39, 0.29) is 0 Å². The minimum Gasteiger partial charge on any atom is -0.462 e. The van der Waals surface area contributed by atoms with Crippen LogP contribution in [-0.2, 0) is 11.2 Å². The summed E-state index contributed by atoms with van der Waals surface area (Å²) in [6.45, 7) is 3.98. The van der Waals surface area contributed by atoms with Gasteiger partial charge in [-0.15, -0.1) is 0 Å². The van der Waals surface area contributed by atoms with Crippen LogP contribution in [0, 0.1) is 5.92 Å². The van der Waals surface area contributed by atoms with E-state index in [0.717, 1.165) is 18.8 Å². The average molecular weight is 354 g/mol. The lowest BCUT2D eigenvalue weighted by atomic mass is 9.99. The van der Waals surface area contributed by atoms with Crippen LogP contribution in [0.5, 0.6) is 5.75 Å². The summed E-state index contributed by atoms with van der Waals surface area (Å²) >= 11 is 0. The van der Waals surface area contributed by atoms with Crippen LogP contribution < -0.4 is 4.74 Å². The van der Waals surface area contributed by atoms with Crippen LogP contribution >= 0.6 is 0 Å². The lowest BCUT2D eigenvalue weighted by Crippen LogP contribution is -2.60. The average Bonchev–Trinajstić information content (AvgIpc) is 2.60. The van der Waals surface area contributed by atoms with E-state index in [9.17, 15) is 20.4 Å². The normalized spacial score (nSPS) is 29.8. The highest BCUT2D eigenvalue weighted by atomic mass is 16.7. The zero-order valence-corrected chi connectivity index (χ0v) is 14.9. The van der Waals surface area contributed by atoms with E-state index < -0.39 is 37.3 Å². The number of aliphatic hydroxyl groups excluding tert-OH is 4. The molecular formula is C19H30O6. The predicted molar refractivity (Wildman–Crippen MR) is 93.2 cm³/mol. The summed E-state index contributed by atoms with van der Waals surface area (Å²) in [5.41, 5.74) is 1.21. The highest BCUT2D eigenvalue weighted by Crippen LogP contribution is 2.24. The molecule has 1 fully saturated rings. The molecule has 0 spiro atoms. The van der Waals surface area contributed by atoms with Crippen molar-refractivity contribution in [2.45, 2.75) is 70.2 Å². The molecule has 25 heavy (non-hydrogen) atoms. The second-order valence-electron chi connectivity index (χ2n) is 7.10. The van der Waals surface area contributed by atoms with Crippen molar-refractivity contribution in [3.05, 3.63) is 29.8 Å². The molecule has 1 heterocycles. The molecule has 1 aliphatic rings. The van der Waals surface area contributed by atoms with Gasteiger partial charge in [0.1, 0.15) is 30.2 Å². The SMILES string of the molecule is CC(C)CCCCc1ccc(OC2OC(CO)C(O)C(O)C2O)cc1. The van der Waals surface area contributed by atoms with Gasteiger partial charge < -0.3 is 29.9 Å². The van der Waals surface area contributed by atoms with Crippen molar-refractivity contribution in [2.24, 2.45) is 5.92 Å². The molecule has 5 unspecified atom stereocenters. The number of hydrogen-bond acceptors (Lipinski definition) is 6. The molecule has 0 amide bonds. The maximum atomic E-state index is 9.98. The van der Waals surface area contributed by atoms with Gasteiger partial charge in [0, 0.05) is 0 Å². The zero-order valence-electron chi connectivity index (χ0n) is 14.9. The fourth-order valence-electron chi connectivity index (χ4n) is 2.92. The number of unbranched alkanes of at least 4 members (excludes halogenated alkanes) is 1. The fourth-order valence-corrected chi connectivity index (χ4v) is 2.92. The molecule has 1 aliphatic heterocycles. The molecule has 4 N–H and O–H groups in total. The van der Waals surface area contributed by atoms with Gasteiger partial charge in [0.15, 0.2) is 0 Å². The summed E-state index contributed by atoms with van der Waals surface area (Å²) in [4.78, 5) is 0. The van der Waals surface area contributed by atoms with Gasteiger partial charge in [0.25, 0.3) is 0 Å². The Labute approximate surface area is 149 Å². The minimum atomic E-state index is -1.43. The molecule has 1 saturated heterocycles. The Balaban J connectivity index is 1.87. The molecule has 1 aromatic carbocycles. The third-order valence-corrected chi connectivity index (χ3v) is 4.52. The van der Waals surface area contributed by atoms with Gasteiger partial charge in [-0.2, -0.15) is 0 Å². The molecule has 1 aromatic rings. The fraction of sp³-hybridized carbons (Fsp3) is 0.684. The van der Waals surface area contributed by atoms with E-state index in [1.807, 2.05) is 12.1 Å². The van der Waals surface area contributed by atoms with Crippen molar-refractivity contribution in [1.29, 1.82) is 0 Å². The van der Waals surface area contributed by atoms with Crippen LogP contribution in [0.4, 0.5) is 0 Å². The Bertz CT molecular complexity index is 501. The zero-order chi connectivity index (χ0) is 18.4. The number of aryl methyl sites for hydroxylation is 1. The quantitative estimate of drug-likeness (QED) is 0.524. The second kappa shape index (κ2) is 9.50. The Hall–Kier alpha value is -1.18. The van der Waals surface area contributed by atoms with Gasteiger partial charge in [-0.25, -0.2) is 0 Å². The molecule has 0 radical (unpaired) electrons. The van der Waals surface area contributed by atoms with Gasteiger partial charge in [-0.3, -0.25) is 0 Å². The number of ether oxygens (including phenoxy) is 2. The highest BCUT2D eigenvalue weighted by molar-refractivity contribution is 5.27. The van der Waals surface area contributed by atoms with E-state index in [0.29, 0.717) is 5.75 Å². The summed E-state index contributed by atoms with van der Waals surface area (Å²) in [5.74, 6) is 1.23. The van der Waals surface area contributed by atoms with Crippen LogP contribution in [0.25, 0.3) is 0 Å². The summed E-state index contributed by atoms with van der Waals surface area (Å²) in [5, 5.41) is 38.7. The van der Waals surface area contributed by atoms with Crippen LogP contribution in [-0.4, -0.2) is 57.7 Å². The first kappa shape index (κ1) is 20.1. The third kappa shape index (κ3) is 5.66. The van der Waals surface area contributed by atoms with Crippen molar-refractivity contribution >= 4 is 0 Å². The lowest BCUT2D eigenvalue weighted by molar-refractivity contribution is -0.277. The Morgan fingerprint density at radius 2 is 1.68 bits per heavy atom. The number of aliphatic hydroxyl groups is 4. The number of hydrogen-bond donors (Lipinski definition) is 4. The van der Waals surface area contributed by atoms with E-state index in [2.05, 4.69) is 13.8 Å². The van der Waals surface area contributed by atoms with Crippen LogP contribution in [0.2, 0.25) is 0 Å². The van der Waals surface area contributed by atoms with Gasteiger partial charge >= 0.3 is 0 Å². The molecule has 6 nitrogen and oxygen atoms in total. The first-order chi connectivity index (χ1) is 11.9. The van der Waals surface area contributed by atoms with Gasteiger partial charge in [0.2, 0.25) is 6.29 Å². The van der Waals surface area contributed by atoms with Gasteiger partial charge in [-0.1, -0.05) is 38.8 Å². The minimum absolute atomic E-state index is 0.472. The lowest BCUT2D eigenvalue weighted by Gasteiger charge is -2.39. The van der Waals surface area contributed by atoms with Crippen molar-refractivity contribution in [2.75, 3.05) is 6.61 Å². The maximum absolute atomic E-state index is 9.98. The summed E-state index contributed by atoms with van der Waals surface area (Å²) in [6, 6.07) is 7.52. The largest absolute Gasteiger partial charge is 0.462 e. The molecular weight excluding hydrogens is 324 g/mol. The Morgan fingerprint density at radius 3 is 2.28 bits per heavy atom. The standard InChI is InChI=1S/C19H30O6/c1-12(2)5-3-4-6-13-7-9-14(10-8-13)24-19-18(23)17(22)16(21)15(11-20)25-19/h7-10,12,15-23H,3-6,11H2,1-2H3. The highest BCUT2D eigenvalue weighted by Gasteiger charge is 2.44. The van der Waals surface area contributed by atoms with E-state index in [1.165, 1.54) is 18.4 Å². The van der Waals surface area contributed by atoms with Crippen molar-refractivity contribution in [3.63, 3.8) is 0 Å². The second-order valence-corrected chi connectivity index (χ2v) is 7.10. The van der Waals surface area contributed by atoms with Crippen LogP contribution in [0.1, 0.15) is 38.7 Å². The summed E-state index contributed by atoms with van der Waals surface area (Å²) in [7, 11) is 0. The Morgan fingerprint density at radius 1 is 1.00 bits per heavy atom. The van der Waals surface area contributed by atoms with E-state index in [1.54, 1.807) is 12.1 Å².